The number of Topliss-reactive ketones (excluding diaryl/α,β-unsaturated/α-hetero) is 1. The summed E-state index contributed by atoms with van der Waals surface area (Å²) in [5.74, 6) is 0.0579. The highest BCUT2D eigenvalue weighted by molar-refractivity contribution is 7.82. The van der Waals surface area contributed by atoms with Gasteiger partial charge in [-0.15, -0.1) is 0 Å². The Kier molecular flexibility index (Phi) is 1.87. The Morgan fingerprint density at radius 1 is 1.57 bits per heavy atom. The van der Waals surface area contributed by atoms with Gasteiger partial charge in [0.15, 0.2) is 0 Å². The van der Waals surface area contributed by atoms with Crippen LogP contribution in [0.2, 0.25) is 0 Å². The minimum atomic E-state index is -0.556. The molecule has 0 aliphatic rings. The fraction of sp³-hybridized carbons (Fsp3) is 0.800. The molecule has 0 bridgehead atoms. The molecular weight excluding hydrogens is 108 g/mol. The molecule has 0 aliphatic heterocycles. The Morgan fingerprint density at radius 2 is 1.71 bits per heavy atom. The third kappa shape index (κ3) is 2.68. The van der Waals surface area contributed by atoms with Gasteiger partial charge in [-0.1, -0.05) is 12.6 Å². The molecular formula is C5H9OS. The summed E-state index contributed by atoms with van der Waals surface area (Å²) in [6, 6.07) is 0. The normalized spacial score (nSPS) is 11.4. The monoisotopic (exact) mass is 117 g/mol. The minimum absolute atomic E-state index is 0.0579. The molecule has 1 radical (unpaired) electrons. The van der Waals surface area contributed by atoms with Gasteiger partial charge in [0.25, 0.3) is 0 Å². The fourth-order valence-corrected chi connectivity index (χ4v) is 0. The van der Waals surface area contributed by atoms with Crippen LogP contribution < -0.4 is 0 Å². The second-order valence-electron chi connectivity index (χ2n) is 2.07. The van der Waals surface area contributed by atoms with Crippen LogP contribution in [0.4, 0.5) is 0 Å². The van der Waals surface area contributed by atoms with Crippen molar-refractivity contribution in [2.75, 3.05) is 0 Å². The lowest BCUT2D eigenvalue weighted by Gasteiger charge is -2.08. The number of carbonyl (C=O) groups is 1. The van der Waals surface area contributed by atoms with Crippen molar-refractivity contribution in [3.63, 3.8) is 0 Å². The van der Waals surface area contributed by atoms with Crippen molar-refractivity contribution in [2.24, 2.45) is 0 Å². The van der Waals surface area contributed by atoms with E-state index in [9.17, 15) is 4.79 Å². The van der Waals surface area contributed by atoms with Crippen molar-refractivity contribution in [3.8, 4) is 0 Å². The van der Waals surface area contributed by atoms with Gasteiger partial charge in [-0.2, -0.15) is 0 Å². The maximum atomic E-state index is 10.4. The van der Waals surface area contributed by atoms with Crippen molar-refractivity contribution in [1.29, 1.82) is 0 Å². The Labute approximate surface area is 49.5 Å². The second kappa shape index (κ2) is 1.86. The van der Waals surface area contributed by atoms with E-state index in [0.717, 1.165) is 0 Å². The number of hydrogen-bond donors (Lipinski definition) is 0. The van der Waals surface area contributed by atoms with Crippen molar-refractivity contribution in [3.05, 3.63) is 0 Å². The summed E-state index contributed by atoms with van der Waals surface area (Å²) in [5, 5.41) is 0. The lowest BCUT2D eigenvalue weighted by Crippen LogP contribution is -2.20. The molecule has 0 aromatic heterocycles. The highest BCUT2D eigenvalue weighted by Gasteiger charge is 2.17. The van der Waals surface area contributed by atoms with Gasteiger partial charge < -0.3 is 0 Å². The molecule has 0 aromatic rings. The van der Waals surface area contributed by atoms with Gasteiger partial charge in [-0.3, -0.25) is 4.79 Å². The van der Waals surface area contributed by atoms with Crippen molar-refractivity contribution < 1.29 is 4.79 Å². The van der Waals surface area contributed by atoms with E-state index in [-0.39, 0.29) is 5.78 Å². The van der Waals surface area contributed by atoms with Crippen LogP contribution >= 0.6 is 12.6 Å². The first kappa shape index (κ1) is 7.02. The molecule has 2 heteroatoms. The van der Waals surface area contributed by atoms with Crippen LogP contribution in [0.25, 0.3) is 0 Å². The van der Waals surface area contributed by atoms with Crippen LogP contribution in [-0.2, 0) is 4.79 Å². The molecule has 41 valence electrons. The van der Waals surface area contributed by atoms with Crippen LogP contribution in [0.3, 0.4) is 0 Å². The van der Waals surface area contributed by atoms with Crippen LogP contribution in [0.5, 0.6) is 0 Å². The Hall–Kier alpha value is 0.0200. The molecule has 0 unspecified atom stereocenters. The molecule has 0 aliphatic carbocycles. The van der Waals surface area contributed by atoms with Gasteiger partial charge in [0, 0.05) is 0 Å². The minimum Gasteiger partial charge on any atom is -0.298 e. The Bertz CT molecular complexity index is 80.6. The zero-order chi connectivity index (χ0) is 6.08. The lowest BCUT2D eigenvalue weighted by atomic mass is 10.1. The summed E-state index contributed by atoms with van der Waals surface area (Å²) in [7, 11) is 0. The molecule has 0 N–H and O–H groups in total. The number of ketones is 1. The fourth-order valence-electron chi connectivity index (χ4n) is 0. The quantitative estimate of drug-likeness (QED) is 0.509. The van der Waals surface area contributed by atoms with E-state index in [1.165, 1.54) is 6.92 Å². The number of hydrogen-bond acceptors (Lipinski definition) is 1. The average Bonchev–Trinajstić information content (AvgIpc) is 1.31. The molecule has 0 fully saturated rings. The summed E-state index contributed by atoms with van der Waals surface area (Å²) in [5.41, 5.74) is 0. The van der Waals surface area contributed by atoms with E-state index >= 15 is 0 Å². The van der Waals surface area contributed by atoms with Crippen molar-refractivity contribution in [2.45, 2.75) is 25.5 Å². The first-order chi connectivity index (χ1) is 2.94. The average molecular weight is 117 g/mol. The van der Waals surface area contributed by atoms with Crippen LogP contribution in [0.1, 0.15) is 20.8 Å². The molecule has 0 heterocycles. The predicted molar refractivity (Wildman–Crippen MR) is 32.4 cm³/mol. The zero-order valence-corrected chi connectivity index (χ0v) is 5.63. The zero-order valence-electron chi connectivity index (χ0n) is 4.82. The predicted octanol–water partition coefficient (Wildman–Crippen LogP) is 1.55. The largest absolute Gasteiger partial charge is 0.298 e. The van der Waals surface area contributed by atoms with E-state index in [1.807, 2.05) is 0 Å². The van der Waals surface area contributed by atoms with Gasteiger partial charge in [0.2, 0.25) is 0 Å². The molecule has 1 nitrogen and oxygen atoms in total. The number of rotatable bonds is 1. The van der Waals surface area contributed by atoms with Crippen LogP contribution in [0, 0.1) is 0 Å². The highest BCUT2D eigenvalue weighted by atomic mass is 32.1. The molecule has 0 atom stereocenters. The lowest BCUT2D eigenvalue weighted by molar-refractivity contribution is -0.118. The summed E-state index contributed by atoms with van der Waals surface area (Å²) in [4.78, 5) is 10.4. The Morgan fingerprint density at radius 3 is 1.71 bits per heavy atom. The molecule has 0 saturated carbocycles. The molecule has 0 spiro atoms. The van der Waals surface area contributed by atoms with Gasteiger partial charge in [-0.05, 0) is 20.8 Å². The van der Waals surface area contributed by atoms with Crippen molar-refractivity contribution in [1.82, 2.24) is 0 Å². The summed E-state index contributed by atoms with van der Waals surface area (Å²) < 4.78 is -0.556. The maximum absolute atomic E-state index is 10.4. The summed E-state index contributed by atoms with van der Waals surface area (Å²) in [6.45, 7) is 4.96. The molecule has 7 heavy (non-hydrogen) atoms. The topological polar surface area (TPSA) is 17.1 Å². The van der Waals surface area contributed by atoms with Gasteiger partial charge in [-0.25, -0.2) is 0 Å². The SMILES string of the molecule is CC(=O)C(C)(C)[S]. The number of carbonyl (C=O) groups excluding carboxylic acids is 1. The second-order valence-corrected chi connectivity index (χ2v) is 3.09. The van der Waals surface area contributed by atoms with Crippen LogP contribution in [-0.4, -0.2) is 10.5 Å². The van der Waals surface area contributed by atoms with Gasteiger partial charge in [0.05, 0.1) is 4.75 Å². The Balaban J connectivity index is 3.79. The molecule has 0 aromatic carbocycles. The van der Waals surface area contributed by atoms with Crippen molar-refractivity contribution >= 4 is 18.4 Å². The molecule has 0 amide bonds. The summed E-state index contributed by atoms with van der Waals surface area (Å²) >= 11 is 4.76. The van der Waals surface area contributed by atoms with Crippen LogP contribution in [0.15, 0.2) is 0 Å². The summed E-state index contributed by atoms with van der Waals surface area (Å²) in [6.07, 6.45) is 0. The van der Waals surface area contributed by atoms with E-state index in [4.69, 9.17) is 12.6 Å². The molecule has 0 rings (SSSR count). The van der Waals surface area contributed by atoms with E-state index in [1.54, 1.807) is 13.8 Å². The first-order valence-corrected chi connectivity index (χ1v) is 2.57. The van der Waals surface area contributed by atoms with Gasteiger partial charge >= 0.3 is 0 Å². The maximum Gasteiger partial charge on any atom is 0.146 e. The van der Waals surface area contributed by atoms with E-state index in [2.05, 4.69) is 0 Å². The molecule has 0 saturated heterocycles. The first-order valence-electron chi connectivity index (χ1n) is 2.16. The third-order valence-electron chi connectivity index (χ3n) is 0.848. The van der Waals surface area contributed by atoms with E-state index < -0.39 is 4.75 Å². The smallest absolute Gasteiger partial charge is 0.146 e. The van der Waals surface area contributed by atoms with Gasteiger partial charge in [0.1, 0.15) is 5.78 Å². The standard InChI is InChI=1S/C5H9OS/c1-4(6)5(2,3)7/h1-3H3. The van der Waals surface area contributed by atoms with E-state index in [0.29, 0.717) is 0 Å². The third-order valence-corrected chi connectivity index (χ3v) is 1.14. The highest BCUT2D eigenvalue weighted by Crippen LogP contribution is 2.11.